The summed E-state index contributed by atoms with van der Waals surface area (Å²) in [6, 6.07) is 0. The fraction of sp³-hybridized carbons (Fsp3) is 0.529. The molecule has 0 aromatic heterocycles. The van der Waals surface area contributed by atoms with Crippen LogP contribution in [0.2, 0.25) is 0 Å². The quantitative estimate of drug-likeness (QED) is 0.199. The van der Waals surface area contributed by atoms with Gasteiger partial charge in [-0.25, -0.2) is 0 Å². The maximum Gasteiger partial charge on any atom is 0.298 e. The Morgan fingerprint density at radius 3 is 2.48 bits per heavy atom. The summed E-state index contributed by atoms with van der Waals surface area (Å²) in [5, 5.41) is 10.1. The number of hydroxylamine groups is 1. The fourth-order valence-corrected chi connectivity index (χ4v) is 1.84. The molecule has 0 bridgehead atoms. The van der Waals surface area contributed by atoms with Gasteiger partial charge in [0.05, 0.1) is 7.11 Å². The molecule has 0 aliphatic rings. The minimum atomic E-state index is -0.211. The number of hydrogen-bond acceptors (Lipinski definition) is 6. The van der Waals surface area contributed by atoms with Crippen LogP contribution in [0.15, 0.2) is 35.4 Å². The van der Waals surface area contributed by atoms with Crippen molar-refractivity contribution in [3.63, 3.8) is 0 Å². The van der Waals surface area contributed by atoms with Crippen molar-refractivity contribution in [1.29, 1.82) is 0 Å². The first-order valence-electron chi connectivity index (χ1n) is 7.54. The predicted octanol–water partition coefficient (Wildman–Crippen LogP) is 3.18. The molecular weight excluding hydrogens is 298 g/mol. The highest BCUT2D eigenvalue weighted by Crippen LogP contribution is 2.20. The van der Waals surface area contributed by atoms with Gasteiger partial charge in [-0.1, -0.05) is 26.8 Å². The number of aliphatic hydroxyl groups is 1. The van der Waals surface area contributed by atoms with Crippen LogP contribution in [-0.4, -0.2) is 24.5 Å². The molecule has 0 fully saturated rings. The third kappa shape index (κ3) is 8.21. The summed E-state index contributed by atoms with van der Waals surface area (Å²) in [7, 11) is 1.52. The maximum absolute atomic E-state index is 11.9. The van der Waals surface area contributed by atoms with Gasteiger partial charge >= 0.3 is 0 Å². The summed E-state index contributed by atoms with van der Waals surface area (Å²) >= 11 is 0. The molecule has 0 radical (unpaired) electrons. The zero-order valence-corrected chi connectivity index (χ0v) is 14.5. The number of nitrogens with one attached hydrogen (secondary N) is 1. The highest BCUT2D eigenvalue weighted by atomic mass is 16.6. The van der Waals surface area contributed by atoms with E-state index >= 15 is 0 Å². The molecule has 6 heteroatoms. The standard InChI is InChI=1S/C17H27NO5/c1-12(2)17(21)14(4)15(20)10-16(23-11-19)13(3)8-6-7-9-18-22-5/h7,9-13,18,20H,6,8H2,1-5H3/b9-7-,15-14-,16-10-. The smallest absolute Gasteiger partial charge is 0.298 e. The summed E-state index contributed by atoms with van der Waals surface area (Å²) in [4.78, 5) is 27.2. The highest BCUT2D eigenvalue weighted by Gasteiger charge is 2.16. The molecule has 23 heavy (non-hydrogen) atoms. The van der Waals surface area contributed by atoms with Gasteiger partial charge in [0.2, 0.25) is 0 Å². The lowest BCUT2D eigenvalue weighted by Crippen LogP contribution is -2.11. The largest absolute Gasteiger partial charge is 0.507 e. The first-order chi connectivity index (χ1) is 10.8. The molecule has 130 valence electrons. The maximum atomic E-state index is 11.9. The normalized spacial score (nSPS) is 14.6. The van der Waals surface area contributed by atoms with Crippen LogP contribution in [0.5, 0.6) is 0 Å². The lowest BCUT2D eigenvalue weighted by atomic mass is 9.99. The molecule has 2 N–H and O–H groups in total. The van der Waals surface area contributed by atoms with E-state index in [4.69, 9.17) is 4.74 Å². The number of ketones is 1. The van der Waals surface area contributed by atoms with Gasteiger partial charge in [-0.2, -0.15) is 0 Å². The molecule has 6 nitrogen and oxygen atoms in total. The van der Waals surface area contributed by atoms with E-state index in [-0.39, 0.29) is 29.0 Å². The van der Waals surface area contributed by atoms with E-state index in [1.54, 1.807) is 27.0 Å². The third-order valence-electron chi connectivity index (χ3n) is 3.30. The minimum absolute atomic E-state index is 0.100. The number of rotatable bonds is 11. The van der Waals surface area contributed by atoms with E-state index in [1.165, 1.54) is 13.2 Å². The van der Waals surface area contributed by atoms with Crippen LogP contribution < -0.4 is 5.48 Å². The van der Waals surface area contributed by atoms with Crippen LogP contribution in [0.4, 0.5) is 0 Å². The average Bonchev–Trinajstić information content (AvgIpc) is 2.52. The van der Waals surface area contributed by atoms with Gasteiger partial charge in [0.15, 0.2) is 5.78 Å². The second-order valence-corrected chi connectivity index (χ2v) is 5.49. The SMILES string of the molecule is CON/C=C\CCC(C)/C(=C/C(O)=C(\C)C(=O)C(C)C)OC=O. The number of aliphatic hydroxyl groups excluding tert-OH is 1. The summed E-state index contributed by atoms with van der Waals surface area (Å²) in [6.45, 7) is 7.26. The van der Waals surface area contributed by atoms with Gasteiger partial charge in [0.1, 0.15) is 11.5 Å². The second-order valence-electron chi connectivity index (χ2n) is 5.49. The van der Waals surface area contributed by atoms with E-state index in [2.05, 4.69) is 10.3 Å². The number of ether oxygens (including phenoxy) is 1. The monoisotopic (exact) mass is 325 g/mol. The van der Waals surface area contributed by atoms with Crippen molar-refractivity contribution in [3.8, 4) is 0 Å². The number of carbonyl (C=O) groups is 2. The summed E-state index contributed by atoms with van der Waals surface area (Å²) in [6.07, 6.45) is 6.31. The van der Waals surface area contributed by atoms with E-state index < -0.39 is 0 Å². The summed E-state index contributed by atoms with van der Waals surface area (Å²) < 4.78 is 4.95. The van der Waals surface area contributed by atoms with Crippen molar-refractivity contribution in [1.82, 2.24) is 5.48 Å². The molecule has 0 saturated heterocycles. The average molecular weight is 325 g/mol. The Labute approximate surface area is 137 Å². The molecule has 1 atom stereocenters. The lowest BCUT2D eigenvalue weighted by Gasteiger charge is -2.13. The first-order valence-corrected chi connectivity index (χ1v) is 7.54. The molecular formula is C17H27NO5. The number of Topliss-reactive ketones (excluding diaryl/α,β-unsaturated/α-hetero) is 1. The first kappa shape index (κ1) is 20.9. The van der Waals surface area contributed by atoms with Crippen molar-refractivity contribution in [3.05, 3.63) is 35.4 Å². The van der Waals surface area contributed by atoms with E-state index in [0.29, 0.717) is 18.7 Å². The molecule has 0 aliphatic carbocycles. The lowest BCUT2D eigenvalue weighted by molar-refractivity contribution is -0.125. The van der Waals surface area contributed by atoms with Crippen molar-refractivity contribution in [2.75, 3.05) is 7.11 Å². The van der Waals surface area contributed by atoms with Gasteiger partial charge in [0, 0.05) is 29.7 Å². The Hall–Kier alpha value is -2.08. The molecule has 0 aromatic rings. The Morgan fingerprint density at radius 1 is 1.30 bits per heavy atom. The number of carbonyl (C=O) groups excluding carboxylic acids is 2. The Kier molecular flexibility index (Phi) is 10.4. The van der Waals surface area contributed by atoms with Crippen molar-refractivity contribution < 1.29 is 24.3 Å². The van der Waals surface area contributed by atoms with Gasteiger partial charge in [-0.05, 0) is 19.8 Å². The minimum Gasteiger partial charge on any atom is -0.507 e. The van der Waals surface area contributed by atoms with E-state index in [0.717, 1.165) is 6.42 Å². The second kappa shape index (κ2) is 11.5. The zero-order valence-electron chi connectivity index (χ0n) is 14.5. The van der Waals surface area contributed by atoms with Gasteiger partial charge in [-0.15, -0.1) is 0 Å². The van der Waals surface area contributed by atoms with Crippen LogP contribution in [0.1, 0.15) is 40.5 Å². The molecule has 0 amide bonds. The highest BCUT2D eigenvalue weighted by molar-refractivity contribution is 5.96. The van der Waals surface area contributed by atoms with E-state index in [9.17, 15) is 14.7 Å². The Balaban J connectivity index is 5.03. The summed E-state index contributed by atoms with van der Waals surface area (Å²) in [5.41, 5.74) is 2.83. The number of hydrogen-bond donors (Lipinski definition) is 2. The molecule has 0 aliphatic heterocycles. The molecule has 1 unspecified atom stereocenters. The topological polar surface area (TPSA) is 84.9 Å². The van der Waals surface area contributed by atoms with Crippen LogP contribution in [0, 0.1) is 11.8 Å². The van der Waals surface area contributed by atoms with Crippen LogP contribution >= 0.6 is 0 Å². The van der Waals surface area contributed by atoms with Crippen molar-refractivity contribution in [2.45, 2.75) is 40.5 Å². The summed E-state index contributed by atoms with van der Waals surface area (Å²) in [5.74, 6) is -0.316. The van der Waals surface area contributed by atoms with Gasteiger partial charge in [0.25, 0.3) is 6.47 Å². The zero-order chi connectivity index (χ0) is 17.8. The Morgan fingerprint density at radius 2 is 1.96 bits per heavy atom. The molecule has 0 rings (SSSR count). The Bertz CT molecular complexity index is 477. The van der Waals surface area contributed by atoms with Crippen molar-refractivity contribution in [2.24, 2.45) is 11.8 Å². The third-order valence-corrected chi connectivity index (χ3v) is 3.30. The molecule has 0 saturated carbocycles. The molecule has 0 heterocycles. The number of allylic oxidation sites excluding steroid dienone is 4. The van der Waals surface area contributed by atoms with Crippen LogP contribution in [0.25, 0.3) is 0 Å². The van der Waals surface area contributed by atoms with Gasteiger partial charge in [-0.3, -0.25) is 19.9 Å². The molecule has 0 aromatic carbocycles. The van der Waals surface area contributed by atoms with Crippen LogP contribution in [0.3, 0.4) is 0 Å². The van der Waals surface area contributed by atoms with Crippen molar-refractivity contribution >= 4 is 12.3 Å². The molecule has 0 spiro atoms. The van der Waals surface area contributed by atoms with E-state index in [1.807, 2.05) is 13.0 Å². The fourth-order valence-electron chi connectivity index (χ4n) is 1.84. The van der Waals surface area contributed by atoms with Crippen LogP contribution in [-0.2, 0) is 19.2 Å². The van der Waals surface area contributed by atoms with Gasteiger partial charge < -0.3 is 9.84 Å². The predicted molar refractivity (Wildman–Crippen MR) is 88.1 cm³/mol.